The summed E-state index contributed by atoms with van der Waals surface area (Å²) < 4.78 is 10.7. The first-order valence-corrected chi connectivity index (χ1v) is 14.1. The summed E-state index contributed by atoms with van der Waals surface area (Å²) in [6.07, 6.45) is 0.111. The van der Waals surface area contributed by atoms with Gasteiger partial charge in [-0.05, 0) is 56.4 Å². The Morgan fingerprint density at radius 1 is 0.976 bits per heavy atom. The Labute approximate surface area is 243 Å². The van der Waals surface area contributed by atoms with Crippen LogP contribution in [-0.2, 0) is 37.0 Å². The molecule has 0 radical (unpaired) electrons. The Morgan fingerprint density at radius 2 is 1.61 bits per heavy atom. The van der Waals surface area contributed by atoms with E-state index in [9.17, 15) is 19.2 Å². The molecule has 2 aromatic carbocycles. The van der Waals surface area contributed by atoms with Crippen molar-refractivity contribution in [2.75, 3.05) is 13.7 Å². The molecule has 1 aliphatic rings. The van der Waals surface area contributed by atoms with Gasteiger partial charge in [-0.25, -0.2) is 0 Å². The summed E-state index contributed by atoms with van der Waals surface area (Å²) in [5.74, 6) is -0.938. The lowest BCUT2D eigenvalue weighted by Crippen LogP contribution is -2.58. The normalized spacial score (nSPS) is 18.8. The van der Waals surface area contributed by atoms with Crippen molar-refractivity contribution < 1.29 is 28.7 Å². The van der Waals surface area contributed by atoms with E-state index in [2.05, 4.69) is 5.32 Å². The number of ether oxygens (including phenoxy) is 2. The number of methoxy groups -OCH3 is 1. The second-order valence-corrected chi connectivity index (χ2v) is 11.7. The molecule has 9 heteroatoms. The van der Waals surface area contributed by atoms with Crippen LogP contribution in [-0.4, -0.2) is 64.8 Å². The maximum absolute atomic E-state index is 13.8. The van der Waals surface area contributed by atoms with Gasteiger partial charge in [-0.15, -0.1) is 0 Å². The van der Waals surface area contributed by atoms with Crippen LogP contribution in [0.2, 0.25) is 0 Å². The van der Waals surface area contributed by atoms with Gasteiger partial charge in [0.05, 0.1) is 7.11 Å². The quantitative estimate of drug-likeness (QED) is 0.460. The fraction of sp³-hybridized carbons (Fsp3) is 0.500. The molecule has 0 spiro atoms. The number of benzene rings is 2. The van der Waals surface area contributed by atoms with Crippen molar-refractivity contribution in [2.45, 2.75) is 84.7 Å². The van der Waals surface area contributed by atoms with Gasteiger partial charge >= 0.3 is 5.97 Å². The van der Waals surface area contributed by atoms with E-state index in [-0.39, 0.29) is 56.6 Å². The molecule has 1 aliphatic heterocycles. The highest BCUT2D eigenvalue weighted by Crippen LogP contribution is 2.22. The maximum Gasteiger partial charge on any atom is 0.306 e. The number of nitrogens with one attached hydrogen (secondary N) is 1. The lowest BCUT2D eigenvalue weighted by atomic mass is 9.98. The minimum atomic E-state index is -0.948. The number of hydrogen-bond donors (Lipinski definition) is 1. The number of carbonyl (C=O) groups excluding carboxylic acids is 4. The lowest BCUT2D eigenvalue weighted by molar-refractivity contribution is -0.155. The highest BCUT2D eigenvalue weighted by atomic mass is 16.6. The van der Waals surface area contributed by atoms with Crippen LogP contribution < -0.4 is 10.1 Å². The number of rotatable bonds is 9. The van der Waals surface area contributed by atoms with Crippen molar-refractivity contribution >= 4 is 23.7 Å². The monoisotopic (exact) mass is 565 g/mol. The molecule has 1 N–H and O–H groups in total. The van der Waals surface area contributed by atoms with Crippen molar-refractivity contribution in [2.24, 2.45) is 5.92 Å². The van der Waals surface area contributed by atoms with Crippen LogP contribution in [0.4, 0.5) is 0 Å². The summed E-state index contributed by atoms with van der Waals surface area (Å²) in [5.41, 5.74) is 1.09. The third kappa shape index (κ3) is 9.33. The van der Waals surface area contributed by atoms with E-state index in [1.165, 1.54) is 0 Å². The maximum atomic E-state index is 13.8. The Kier molecular flexibility index (Phi) is 10.9. The fourth-order valence-electron chi connectivity index (χ4n) is 4.91. The zero-order valence-corrected chi connectivity index (χ0v) is 25.0. The molecule has 1 unspecified atom stereocenters. The highest BCUT2D eigenvalue weighted by molar-refractivity contribution is 5.93. The number of carbonyl (C=O) groups is 4. The summed E-state index contributed by atoms with van der Waals surface area (Å²) in [5, 5.41) is 2.90. The molecule has 41 heavy (non-hydrogen) atoms. The average molecular weight is 566 g/mol. The van der Waals surface area contributed by atoms with Gasteiger partial charge in [-0.3, -0.25) is 19.2 Å². The zero-order chi connectivity index (χ0) is 30.2. The van der Waals surface area contributed by atoms with E-state index in [0.717, 1.165) is 11.1 Å². The Hall–Kier alpha value is -3.88. The van der Waals surface area contributed by atoms with Crippen molar-refractivity contribution in [3.05, 3.63) is 65.7 Å². The molecule has 0 aliphatic carbocycles. The topological polar surface area (TPSA) is 105 Å². The molecular weight excluding hydrogens is 522 g/mol. The summed E-state index contributed by atoms with van der Waals surface area (Å²) in [7, 11) is 1.59. The molecule has 9 nitrogen and oxygen atoms in total. The SMILES string of the molecule is COc1ccc(CN2C(=O)CCN(Cc3ccccc3)C(=O)C(CCC(=O)OC(C)(C)C)NC(=O)[C@@H]2C(C)C)cc1. The van der Waals surface area contributed by atoms with Crippen LogP contribution in [0.3, 0.4) is 0 Å². The second-order valence-electron chi connectivity index (χ2n) is 11.7. The van der Waals surface area contributed by atoms with E-state index in [1.54, 1.807) is 37.7 Å². The van der Waals surface area contributed by atoms with Gasteiger partial charge in [-0.2, -0.15) is 0 Å². The van der Waals surface area contributed by atoms with Crippen LogP contribution in [0.1, 0.15) is 65.0 Å². The summed E-state index contributed by atoms with van der Waals surface area (Å²) in [4.78, 5) is 57.1. The van der Waals surface area contributed by atoms with Crippen molar-refractivity contribution in [3.8, 4) is 5.75 Å². The number of amides is 3. The smallest absolute Gasteiger partial charge is 0.306 e. The average Bonchev–Trinajstić information content (AvgIpc) is 2.91. The zero-order valence-electron chi connectivity index (χ0n) is 25.0. The number of hydrogen-bond acceptors (Lipinski definition) is 6. The van der Waals surface area contributed by atoms with E-state index in [1.807, 2.05) is 68.4 Å². The minimum absolute atomic E-state index is 0.0338. The van der Waals surface area contributed by atoms with Gasteiger partial charge < -0.3 is 24.6 Å². The second kappa shape index (κ2) is 14.1. The molecule has 2 aromatic rings. The Bertz CT molecular complexity index is 1190. The number of nitrogens with zero attached hydrogens (tertiary/aromatic N) is 2. The third-order valence-corrected chi connectivity index (χ3v) is 6.86. The number of esters is 1. The molecular formula is C32H43N3O6. The van der Waals surface area contributed by atoms with E-state index >= 15 is 0 Å². The summed E-state index contributed by atoms with van der Waals surface area (Å²) in [6.45, 7) is 9.79. The largest absolute Gasteiger partial charge is 0.497 e. The van der Waals surface area contributed by atoms with E-state index in [4.69, 9.17) is 9.47 Å². The first kappa shape index (κ1) is 31.6. The van der Waals surface area contributed by atoms with Crippen molar-refractivity contribution in [1.29, 1.82) is 0 Å². The molecule has 2 atom stereocenters. The van der Waals surface area contributed by atoms with Crippen LogP contribution in [0.5, 0.6) is 5.75 Å². The minimum Gasteiger partial charge on any atom is -0.497 e. The van der Waals surface area contributed by atoms with E-state index < -0.39 is 29.6 Å². The van der Waals surface area contributed by atoms with Crippen LogP contribution in [0.25, 0.3) is 0 Å². The van der Waals surface area contributed by atoms with Crippen LogP contribution in [0, 0.1) is 5.92 Å². The van der Waals surface area contributed by atoms with Gasteiger partial charge in [-0.1, -0.05) is 56.3 Å². The Balaban J connectivity index is 1.93. The fourth-order valence-corrected chi connectivity index (χ4v) is 4.91. The standard InChI is InChI=1S/C32H43N3O6/c1-22(2)29-30(38)33-26(16-17-28(37)41-32(3,4)5)31(39)34(20-23-10-8-7-9-11-23)19-18-27(36)35(29)21-24-12-14-25(40-6)15-13-24/h7-15,22,26,29H,16-21H2,1-6H3,(H,33,38)/t26?,29-/m0/s1. The predicted molar refractivity (Wildman–Crippen MR) is 156 cm³/mol. The first-order valence-electron chi connectivity index (χ1n) is 14.1. The molecule has 222 valence electrons. The van der Waals surface area contributed by atoms with Gasteiger partial charge in [0, 0.05) is 32.5 Å². The van der Waals surface area contributed by atoms with Crippen molar-refractivity contribution in [3.63, 3.8) is 0 Å². The van der Waals surface area contributed by atoms with Crippen LogP contribution >= 0.6 is 0 Å². The molecule has 1 heterocycles. The van der Waals surface area contributed by atoms with Gasteiger partial charge in [0.15, 0.2) is 0 Å². The molecule has 1 saturated heterocycles. The molecule has 0 aromatic heterocycles. The van der Waals surface area contributed by atoms with Crippen molar-refractivity contribution in [1.82, 2.24) is 15.1 Å². The molecule has 0 saturated carbocycles. The van der Waals surface area contributed by atoms with Gasteiger partial charge in [0.1, 0.15) is 23.4 Å². The molecule has 0 bridgehead atoms. The molecule has 3 rings (SSSR count). The first-order chi connectivity index (χ1) is 19.4. The van der Waals surface area contributed by atoms with Gasteiger partial charge in [0.2, 0.25) is 17.7 Å². The summed E-state index contributed by atoms with van der Waals surface area (Å²) >= 11 is 0. The lowest BCUT2D eigenvalue weighted by Gasteiger charge is -2.37. The molecule has 3 amide bonds. The van der Waals surface area contributed by atoms with Gasteiger partial charge in [0.25, 0.3) is 0 Å². The van der Waals surface area contributed by atoms with Crippen LogP contribution in [0.15, 0.2) is 54.6 Å². The highest BCUT2D eigenvalue weighted by Gasteiger charge is 2.37. The predicted octanol–water partition coefficient (Wildman–Crippen LogP) is 4.09. The van der Waals surface area contributed by atoms with E-state index in [0.29, 0.717) is 5.75 Å². The molecule has 1 fully saturated rings. The Morgan fingerprint density at radius 3 is 2.20 bits per heavy atom. The summed E-state index contributed by atoms with van der Waals surface area (Å²) in [6, 6.07) is 15.1. The third-order valence-electron chi connectivity index (χ3n) is 6.86.